The molecule has 0 saturated carbocycles. The highest BCUT2D eigenvalue weighted by Crippen LogP contribution is 2.23. The first-order chi connectivity index (χ1) is 11.6. The van der Waals surface area contributed by atoms with Gasteiger partial charge in [0.25, 0.3) is 11.8 Å². The van der Waals surface area contributed by atoms with E-state index in [2.05, 4.69) is 5.32 Å². The third-order valence-electron chi connectivity index (χ3n) is 3.02. The van der Waals surface area contributed by atoms with E-state index in [0.717, 1.165) is 4.90 Å². The molecule has 2 rings (SSSR count). The molecule has 2 aromatic carbocycles. The van der Waals surface area contributed by atoms with E-state index in [1.54, 1.807) is 37.3 Å². The van der Waals surface area contributed by atoms with E-state index < -0.39 is 29.6 Å². The minimum atomic E-state index is -0.658. The molecule has 5 nitrogen and oxygen atoms in total. The summed E-state index contributed by atoms with van der Waals surface area (Å²) in [6.45, 7) is 1.21. The standard InChI is InChI=1S/C18H17NO4S/c1-13(24-15-10-6-3-7-11-15)18(22)23-12-16(20)19-17(21)14-8-4-2-5-9-14/h2-11,13H,12H2,1H3,(H,19,20,21)/t13-/m0/s1. The second-order valence-corrected chi connectivity index (χ2v) is 6.34. The van der Waals surface area contributed by atoms with Crippen LogP contribution in [0.3, 0.4) is 0 Å². The fourth-order valence-corrected chi connectivity index (χ4v) is 2.72. The average molecular weight is 343 g/mol. The summed E-state index contributed by atoms with van der Waals surface area (Å²) in [5, 5.41) is 1.72. The summed E-state index contributed by atoms with van der Waals surface area (Å²) < 4.78 is 4.95. The summed E-state index contributed by atoms with van der Waals surface area (Å²) in [4.78, 5) is 36.3. The van der Waals surface area contributed by atoms with Crippen molar-refractivity contribution in [2.75, 3.05) is 6.61 Å². The number of thioether (sulfide) groups is 1. The predicted molar refractivity (Wildman–Crippen MR) is 91.6 cm³/mol. The summed E-state index contributed by atoms with van der Waals surface area (Å²) in [6, 6.07) is 17.8. The number of hydrogen-bond acceptors (Lipinski definition) is 5. The zero-order valence-electron chi connectivity index (χ0n) is 13.1. The number of hydrogen-bond donors (Lipinski definition) is 1. The monoisotopic (exact) mass is 343 g/mol. The van der Waals surface area contributed by atoms with Crippen LogP contribution in [0.4, 0.5) is 0 Å². The van der Waals surface area contributed by atoms with Crippen molar-refractivity contribution >= 4 is 29.5 Å². The van der Waals surface area contributed by atoms with Crippen LogP contribution in [0.15, 0.2) is 65.6 Å². The molecular weight excluding hydrogens is 326 g/mol. The Kier molecular flexibility index (Phi) is 6.57. The second kappa shape index (κ2) is 8.88. The zero-order valence-corrected chi connectivity index (χ0v) is 13.9. The molecule has 2 amide bonds. The number of carbonyl (C=O) groups is 3. The normalized spacial score (nSPS) is 11.4. The van der Waals surface area contributed by atoms with Gasteiger partial charge in [0.15, 0.2) is 6.61 Å². The van der Waals surface area contributed by atoms with E-state index in [4.69, 9.17) is 4.74 Å². The average Bonchev–Trinajstić information content (AvgIpc) is 2.61. The minimum absolute atomic E-state index is 0.366. The lowest BCUT2D eigenvalue weighted by Gasteiger charge is -2.11. The maximum absolute atomic E-state index is 11.9. The van der Waals surface area contributed by atoms with Crippen LogP contribution in [-0.2, 0) is 14.3 Å². The van der Waals surface area contributed by atoms with E-state index >= 15 is 0 Å². The topological polar surface area (TPSA) is 72.5 Å². The number of nitrogens with one attached hydrogen (secondary N) is 1. The fourth-order valence-electron chi connectivity index (χ4n) is 1.83. The molecule has 124 valence electrons. The molecule has 6 heteroatoms. The van der Waals surface area contributed by atoms with Crippen LogP contribution in [0.1, 0.15) is 17.3 Å². The predicted octanol–water partition coefficient (Wildman–Crippen LogP) is 2.67. The van der Waals surface area contributed by atoms with Crippen molar-refractivity contribution in [3.63, 3.8) is 0 Å². The minimum Gasteiger partial charge on any atom is -0.455 e. The molecule has 0 aliphatic rings. The lowest BCUT2D eigenvalue weighted by atomic mass is 10.2. The lowest BCUT2D eigenvalue weighted by Crippen LogP contribution is -2.35. The summed E-state index contributed by atoms with van der Waals surface area (Å²) in [6.07, 6.45) is 0. The molecule has 0 bridgehead atoms. The van der Waals surface area contributed by atoms with Crippen LogP contribution in [0.5, 0.6) is 0 Å². The van der Waals surface area contributed by atoms with E-state index in [1.165, 1.54) is 11.8 Å². The second-order valence-electron chi connectivity index (χ2n) is 4.92. The summed E-state index contributed by atoms with van der Waals surface area (Å²) in [5.41, 5.74) is 0.366. The van der Waals surface area contributed by atoms with Crippen LogP contribution in [0, 0.1) is 0 Å². The molecule has 2 aromatic rings. The number of rotatable bonds is 6. The molecule has 1 N–H and O–H groups in total. The Balaban J connectivity index is 1.76. The Bertz CT molecular complexity index is 703. The van der Waals surface area contributed by atoms with Gasteiger partial charge in [0, 0.05) is 10.5 Å². The quantitative estimate of drug-likeness (QED) is 0.645. The highest BCUT2D eigenvalue weighted by atomic mass is 32.2. The van der Waals surface area contributed by atoms with E-state index in [-0.39, 0.29) is 0 Å². The first-order valence-corrected chi connectivity index (χ1v) is 8.22. The molecule has 0 aromatic heterocycles. The van der Waals surface area contributed by atoms with Crippen LogP contribution in [0.25, 0.3) is 0 Å². The highest BCUT2D eigenvalue weighted by molar-refractivity contribution is 8.00. The molecule has 0 spiro atoms. The summed E-state index contributed by atoms with van der Waals surface area (Å²) in [7, 11) is 0. The third-order valence-corrected chi connectivity index (χ3v) is 4.11. The number of benzene rings is 2. The van der Waals surface area contributed by atoms with Gasteiger partial charge < -0.3 is 4.74 Å². The Morgan fingerprint density at radius 3 is 2.21 bits per heavy atom. The maximum Gasteiger partial charge on any atom is 0.319 e. The Labute approximate surface area is 144 Å². The van der Waals surface area contributed by atoms with Gasteiger partial charge in [-0.25, -0.2) is 0 Å². The van der Waals surface area contributed by atoms with Crippen molar-refractivity contribution in [3.05, 3.63) is 66.2 Å². The van der Waals surface area contributed by atoms with Gasteiger partial charge in [0.2, 0.25) is 0 Å². The number of imide groups is 1. The van der Waals surface area contributed by atoms with E-state index in [0.29, 0.717) is 5.56 Å². The van der Waals surface area contributed by atoms with Gasteiger partial charge in [-0.15, -0.1) is 11.8 Å². The highest BCUT2D eigenvalue weighted by Gasteiger charge is 2.18. The van der Waals surface area contributed by atoms with Gasteiger partial charge in [-0.05, 0) is 31.2 Å². The van der Waals surface area contributed by atoms with E-state index in [1.807, 2.05) is 30.3 Å². The van der Waals surface area contributed by atoms with Crippen molar-refractivity contribution in [2.45, 2.75) is 17.1 Å². The third kappa shape index (κ3) is 5.55. The Morgan fingerprint density at radius 1 is 1.00 bits per heavy atom. The number of carbonyl (C=O) groups excluding carboxylic acids is 3. The molecule has 1 atom stereocenters. The van der Waals surface area contributed by atoms with Crippen LogP contribution in [-0.4, -0.2) is 29.6 Å². The SMILES string of the molecule is C[C@H](Sc1ccccc1)C(=O)OCC(=O)NC(=O)c1ccccc1. The molecule has 0 aliphatic carbocycles. The van der Waals surface area contributed by atoms with Crippen LogP contribution < -0.4 is 5.32 Å². The maximum atomic E-state index is 11.9. The molecule has 24 heavy (non-hydrogen) atoms. The smallest absolute Gasteiger partial charge is 0.319 e. The number of amides is 2. The number of esters is 1. The lowest BCUT2D eigenvalue weighted by molar-refractivity contribution is -0.147. The fraction of sp³-hybridized carbons (Fsp3) is 0.167. The van der Waals surface area contributed by atoms with Gasteiger partial charge in [0.05, 0.1) is 0 Å². The van der Waals surface area contributed by atoms with E-state index in [9.17, 15) is 14.4 Å². The van der Waals surface area contributed by atoms with Gasteiger partial charge in [-0.1, -0.05) is 36.4 Å². The first kappa shape index (κ1) is 17.7. The van der Waals surface area contributed by atoms with Crippen molar-refractivity contribution in [2.24, 2.45) is 0 Å². The molecule has 0 heterocycles. The summed E-state index contributed by atoms with van der Waals surface area (Å²) >= 11 is 1.34. The van der Waals surface area contributed by atoms with Crippen LogP contribution in [0.2, 0.25) is 0 Å². The Morgan fingerprint density at radius 2 is 1.58 bits per heavy atom. The van der Waals surface area contributed by atoms with Crippen LogP contribution >= 0.6 is 11.8 Å². The molecule has 0 radical (unpaired) electrons. The van der Waals surface area contributed by atoms with Gasteiger partial charge >= 0.3 is 5.97 Å². The number of ether oxygens (including phenoxy) is 1. The molecule has 0 saturated heterocycles. The van der Waals surface area contributed by atoms with Crippen molar-refractivity contribution in [3.8, 4) is 0 Å². The molecule has 0 fully saturated rings. The van der Waals surface area contributed by atoms with Crippen molar-refractivity contribution in [1.82, 2.24) is 5.32 Å². The first-order valence-electron chi connectivity index (χ1n) is 7.34. The molecule has 0 unspecified atom stereocenters. The zero-order chi connectivity index (χ0) is 17.4. The Hall–Kier alpha value is -2.60. The van der Waals surface area contributed by atoms with Gasteiger partial charge in [-0.2, -0.15) is 0 Å². The van der Waals surface area contributed by atoms with Gasteiger partial charge in [0.1, 0.15) is 5.25 Å². The molecular formula is C18H17NO4S. The largest absolute Gasteiger partial charge is 0.455 e. The molecule has 0 aliphatic heterocycles. The van der Waals surface area contributed by atoms with Crippen molar-refractivity contribution < 1.29 is 19.1 Å². The van der Waals surface area contributed by atoms with Gasteiger partial charge in [-0.3, -0.25) is 19.7 Å². The van der Waals surface area contributed by atoms with Crippen molar-refractivity contribution in [1.29, 1.82) is 0 Å². The summed E-state index contributed by atoms with van der Waals surface area (Å²) in [5.74, 6) is -1.69.